The van der Waals surface area contributed by atoms with E-state index in [1.54, 1.807) is 0 Å². The first kappa shape index (κ1) is 24.7. The topological polar surface area (TPSA) is 48.9 Å². The Morgan fingerprint density at radius 2 is 1.92 bits per heavy atom. The van der Waals surface area contributed by atoms with E-state index in [1.165, 1.54) is 0 Å². The van der Waals surface area contributed by atoms with Crippen LogP contribution >= 0.6 is 24.0 Å². The van der Waals surface area contributed by atoms with Crippen LogP contribution in [0, 0.1) is 0 Å². The van der Waals surface area contributed by atoms with Crippen molar-refractivity contribution in [3.8, 4) is 0 Å². The summed E-state index contributed by atoms with van der Waals surface area (Å²) in [4.78, 5) is 6.38. The average molecular weight is 480 g/mol. The summed E-state index contributed by atoms with van der Waals surface area (Å²) >= 11 is 0. The minimum absolute atomic E-state index is 0. The summed E-state index contributed by atoms with van der Waals surface area (Å²) in [6, 6.07) is 0.246. The van der Waals surface area contributed by atoms with Gasteiger partial charge < -0.3 is 20.3 Å². The number of piperidine rings is 1. The molecule has 1 aliphatic rings. The monoisotopic (exact) mass is 480 g/mol. The van der Waals surface area contributed by atoms with E-state index in [0.717, 1.165) is 39.1 Å². The van der Waals surface area contributed by atoms with Gasteiger partial charge in [0, 0.05) is 32.2 Å². The van der Waals surface area contributed by atoms with E-state index in [4.69, 9.17) is 4.74 Å². The zero-order valence-electron chi connectivity index (χ0n) is 15.4. The molecule has 1 rings (SSSR count). The summed E-state index contributed by atoms with van der Waals surface area (Å²) < 4.78 is 42.2. The van der Waals surface area contributed by atoms with Crippen LogP contribution in [0.3, 0.4) is 0 Å². The van der Waals surface area contributed by atoms with E-state index in [-0.39, 0.29) is 42.7 Å². The van der Waals surface area contributed by atoms with Crippen LogP contribution in [0.1, 0.15) is 40.0 Å². The second-order valence-electron chi connectivity index (χ2n) is 6.31. The molecule has 1 heterocycles. The quantitative estimate of drug-likeness (QED) is 0.319. The third-order valence-electron chi connectivity index (χ3n) is 3.80. The van der Waals surface area contributed by atoms with Gasteiger partial charge in [0.15, 0.2) is 5.96 Å². The number of likely N-dealkylation sites (tertiary alicyclic amines) is 1. The van der Waals surface area contributed by atoms with Gasteiger partial charge in [0.2, 0.25) is 0 Å². The van der Waals surface area contributed by atoms with Crippen LogP contribution < -0.4 is 10.6 Å². The van der Waals surface area contributed by atoms with Crippen molar-refractivity contribution in [2.24, 2.45) is 4.99 Å². The molecule has 0 amide bonds. The molecule has 1 saturated heterocycles. The van der Waals surface area contributed by atoms with E-state index in [0.29, 0.717) is 12.5 Å². The van der Waals surface area contributed by atoms with E-state index >= 15 is 0 Å². The second kappa shape index (κ2) is 13.0. The number of hydrogen-bond acceptors (Lipinski definition) is 3. The molecule has 150 valence electrons. The van der Waals surface area contributed by atoms with Crippen molar-refractivity contribution in [3.05, 3.63) is 0 Å². The van der Waals surface area contributed by atoms with Gasteiger partial charge in [-0.05, 0) is 33.6 Å². The fourth-order valence-electron chi connectivity index (χ4n) is 2.53. The fourth-order valence-corrected chi connectivity index (χ4v) is 2.53. The van der Waals surface area contributed by atoms with Crippen molar-refractivity contribution in [1.29, 1.82) is 0 Å². The summed E-state index contributed by atoms with van der Waals surface area (Å²) in [7, 11) is 0. The molecule has 0 spiro atoms. The van der Waals surface area contributed by atoms with Gasteiger partial charge in [-0.15, -0.1) is 24.0 Å². The van der Waals surface area contributed by atoms with Crippen molar-refractivity contribution in [2.75, 3.05) is 39.3 Å². The van der Waals surface area contributed by atoms with Gasteiger partial charge in [-0.1, -0.05) is 0 Å². The highest BCUT2D eigenvalue weighted by Crippen LogP contribution is 2.19. The Morgan fingerprint density at radius 1 is 1.28 bits per heavy atom. The summed E-state index contributed by atoms with van der Waals surface area (Å²) in [6.45, 7) is 9.91. The van der Waals surface area contributed by atoms with Crippen molar-refractivity contribution in [3.63, 3.8) is 0 Å². The standard InChI is InChI=1S/C16H31F3N4O.HI/c1-4-20-15(21-8-7-16(17,18)19)22-14-5-9-23(10-6-14)11-12-24-13(2)3;/h13-14H,4-12H2,1-3H3,(H2,20,21,22);1H. The van der Waals surface area contributed by atoms with Gasteiger partial charge in [-0.2, -0.15) is 13.2 Å². The Labute approximate surface area is 166 Å². The van der Waals surface area contributed by atoms with Crippen molar-refractivity contribution in [2.45, 2.75) is 58.4 Å². The number of hydrogen-bond donors (Lipinski definition) is 2. The lowest BCUT2D eigenvalue weighted by atomic mass is 10.1. The molecule has 9 heteroatoms. The van der Waals surface area contributed by atoms with E-state index in [2.05, 4.69) is 20.5 Å². The number of alkyl halides is 3. The van der Waals surface area contributed by atoms with Gasteiger partial charge in [0.1, 0.15) is 0 Å². The number of nitrogens with one attached hydrogen (secondary N) is 2. The zero-order chi connectivity index (χ0) is 18.0. The number of guanidine groups is 1. The van der Waals surface area contributed by atoms with E-state index < -0.39 is 12.6 Å². The molecule has 0 unspecified atom stereocenters. The molecule has 1 aliphatic heterocycles. The number of nitrogens with zero attached hydrogens (tertiary/aromatic N) is 2. The minimum Gasteiger partial charge on any atom is -0.377 e. The maximum atomic E-state index is 12.2. The van der Waals surface area contributed by atoms with Gasteiger partial charge in [-0.25, -0.2) is 0 Å². The molecule has 5 nitrogen and oxygen atoms in total. The van der Waals surface area contributed by atoms with Gasteiger partial charge in [-0.3, -0.25) is 4.99 Å². The summed E-state index contributed by atoms with van der Waals surface area (Å²) in [5, 5.41) is 6.26. The Morgan fingerprint density at radius 3 is 2.44 bits per heavy atom. The van der Waals surface area contributed by atoms with E-state index in [1.807, 2.05) is 20.8 Å². The molecule has 0 aromatic heterocycles. The molecule has 2 N–H and O–H groups in total. The molecule has 0 aromatic carbocycles. The number of aliphatic imine (C=N–C) groups is 1. The molecule has 0 saturated carbocycles. The molecular weight excluding hydrogens is 448 g/mol. The highest BCUT2D eigenvalue weighted by Gasteiger charge is 2.26. The van der Waals surface area contributed by atoms with E-state index in [9.17, 15) is 13.2 Å². The smallest absolute Gasteiger partial charge is 0.377 e. The molecule has 0 radical (unpaired) electrons. The lowest BCUT2D eigenvalue weighted by Gasteiger charge is -2.33. The van der Waals surface area contributed by atoms with Crippen LogP contribution in [0.4, 0.5) is 13.2 Å². The Balaban J connectivity index is 0.00000576. The van der Waals surface area contributed by atoms with Gasteiger partial charge >= 0.3 is 6.18 Å². The van der Waals surface area contributed by atoms with Crippen molar-refractivity contribution >= 4 is 29.9 Å². The van der Waals surface area contributed by atoms with Gasteiger partial charge in [0.25, 0.3) is 0 Å². The lowest BCUT2D eigenvalue weighted by Crippen LogP contribution is -2.49. The lowest BCUT2D eigenvalue weighted by molar-refractivity contribution is -0.132. The maximum Gasteiger partial charge on any atom is 0.390 e. The summed E-state index contributed by atoms with van der Waals surface area (Å²) in [5.41, 5.74) is 0. The first-order valence-electron chi connectivity index (χ1n) is 8.75. The van der Waals surface area contributed by atoms with Crippen molar-refractivity contribution < 1.29 is 17.9 Å². The zero-order valence-corrected chi connectivity index (χ0v) is 17.7. The van der Waals surface area contributed by atoms with Crippen LogP contribution in [0.15, 0.2) is 4.99 Å². The van der Waals surface area contributed by atoms with Crippen LogP contribution in [-0.2, 0) is 4.74 Å². The SMILES string of the molecule is CCNC(=NCCC(F)(F)F)NC1CCN(CCOC(C)C)CC1.I. The Kier molecular flexibility index (Phi) is 12.8. The number of rotatable bonds is 8. The normalized spacial score (nSPS) is 17.5. The number of halogens is 4. The molecule has 0 atom stereocenters. The third-order valence-corrected chi connectivity index (χ3v) is 3.80. The van der Waals surface area contributed by atoms with Crippen LogP contribution in [-0.4, -0.2) is 68.5 Å². The van der Waals surface area contributed by atoms with Crippen LogP contribution in [0.2, 0.25) is 0 Å². The molecule has 0 aliphatic carbocycles. The molecule has 25 heavy (non-hydrogen) atoms. The average Bonchev–Trinajstić information content (AvgIpc) is 2.47. The molecule has 0 aromatic rings. The summed E-state index contributed by atoms with van der Waals surface area (Å²) in [6.07, 6.45) is -2.90. The number of ether oxygens (including phenoxy) is 1. The Hall–Kier alpha value is -0.290. The summed E-state index contributed by atoms with van der Waals surface area (Å²) in [5.74, 6) is 0.475. The first-order valence-corrected chi connectivity index (χ1v) is 8.75. The minimum atomic E-state index is -4.16. The molecule has 0 bridgehead atoms. The second-order valence-corrected chi connectivity index (χ2v) is 6.31. The molecular formula is C16H32F3IN4O. The van der Waals surface area contributed by atoms with Crippen LogP contribution in [0.5, 0.6) is 0 Å². The largest absolute Gasteiger partial charge is 0.390 e. The third kappa shape index (κ3) is 12.7. The predicted molar refractivity (Wildman–Crippen MR) is 106 cm³/mol. The molecule has 1 fully saturated rings. The van der Waals surface area contributed by atoms with Gasteiger partial charge in [0.05, 0.1) is 25.7 Å². The van der Waals surface area contributed by atoms with Crippen molar-refractivity contribution in [1.82, 2.24) is 15.5 Å². The maximum absolute atomic E-state index is 12.2. The highest BCUT2D eigenvalue weighted by atomic mass is 127. The highest BCUT2D eigenvalue weighted by molar-refractivity contribution is 14.0. The predicted octanol–water partition coefficient (Wildman–Crippen LogP) is 3.00. The Bertz CT molecular complexity index is 373. The first-order chi connectivity index (χ1) is 11.3. The van der Waals surface area contributed by atoms with Crippen LogP contribution in [0.25, 0.3) is 0 Å². The fraction of sp³-hybridized carbons (Fsp3) is 0.938.